The Morgan fingerprint density at radius 2 is 1.95 bits per heavy atom. The minimum atomic E-state index is -0.575. The van der Waals surface area contributed by atoms with Crippen molar-refractivity contribution >= 4 is 5.91 Å². The first-order chi connectivity index (χ1) is 9.26. The number of hydrogen-bond acceptors (Lipinski definition) is 4. The van der Waals surface area contributed by atoms with Crippen LogP contribution >= 0.6 is 0 Å². The predicted molar refractivity (Wildman–Crippen MR) is 80.6 cm³/mol. The Balaban J connectivity index is 2.81. The standard InChI is InChI=1S/C15H27N3O2/c1-12-7-8-13(20-12)11-18(10-9-17(5)6)14(19)15(2,3)16-4/h7-8,16H,9-11H2,1-6H3. The number of rotatable bonds is 7. The van der Waals surface area contributed by atoms with Gasteiger partial charge in [-0.1, -0.05) is 0 Å². The van der Waals surface area contributed by atoms with Gasteiger partial charge in [-0.25, -0.2) is 0 Å². The molecule has 1 N–H and O–H groups in total. The van der Waals surface area contributed by atoms with Gasteiger partial charge < -0.3 is 19.5 Å². The maximum absolute atomic E-state index is 12.6. The van der Waals surface area contributed by atoms with Crippen LogP contribution in [0.5, 0.6) is 0 Å². The van der Waals surface area contributed by atoms with Gasteiger partial charge in [-0.3, -0.25) is 4.79 Å². The van der Waals surface area contributed by atoms with Crippen LogP contribution in [-0.4, -0.2) is 55.5 Å². The van der Waals surface area contributed by atoms with Crippen molar-refractivity contribution in [3.8, 4) is 0 Å². The highest BCUT2D eigenvalue weighted by molar-refractivity contribution is 5.85. The van der Waals surface area contributed by atoms with E-state index in [4.69, 9.17) is 4.42 Å². The largest absolute Gasteiger partial charge is 0.464 e. The first kappa shape index (κ1) is 16.7. The van der Waals surface area contributed by atoms with E-state index in [1.807, 2.05) is 51.9 Å². The molecule has 0 aliphatic heterocycles. The molecule has 0 bridgehead atoms. The lowest BCUT2D eigenvalue weighted by Gasteiger charge is -2.32. The third kappa shape index (κ3) is 4.65. The Morgan fingerprint density at radius 3 is 2.40 bits per heavy atom. The second-order valence-corrected chi connectivity index (χ2v) is 5.92. The molecule has 0 saturated heterocycles. The number of carbonyl (C=O) groups excluding carboxylic acids is 1. The quantitative estimate of drug-likeness (QED) is 0.822. The van der Waals surface area contributed by atoms with Crippen molar-refractivity contribution in [2.45, 2.75) is 32.9 Å². The number of nitrogens with zero attached hydrogens (tertiary/aromatic N) is 2. The van der Waals surface area contributed by atoms with E-state index >= 15 is 0 Å². The molecule has 0 saturated carbocycles. The predicted octanol–water partition coefficient (Wildman–Crippen LogP) is 1.48. The lowest BCUT2D eigenvalue weighted by atomic mass is 10.0. The van der Waals surface area contributed by atoms with Crippen LogP contribution in [0.1, 0.15) is 25.4 Å². The first-order valence-corrected chi connectivity index (χ1v) is 6.94. The minimum absolute atomic E-state index is 0.0795. The summed E-state index contributed by atoms with van der Waals surface area (Å²) in [5.41, 5.74) is -0.575. The van der Waals surface area contributed by atoms with Crippen LogP contribution in [0.3, 0.4) is 0 Å². The van der Waals surface area contributed by atoms with Crippen molar-refractivity contribution < 1.29 is 9.21 Å². The average molecular weight is 281 g/mol. The number of aryl methyl sites for hydroxylation is 1. The molecule has 0 unspecified atom stereocenters. The summed E-state index contributed by atoms with van der Waals surface area (Å²) < 4.78 is 5.59. The number of likely N-dealkylation sites (N-methyl/N-ethyl adjacent to an activating group) is 2. The van der Waals surface area contributed by atoms with E-state index in [1.54, 1.807) is 7.05 Å². The summed E-state index contributed by atoms with van der Waals surface area (Å²) >= 11 is 0. The van der Waals surface area contributed by atoms with Gasteiger partial charge in [0, 0.05) is 13.1 Å². The van der Waals surface area contributed by atoms with Crippen molar-refractivity contribution in [2.24, 2.45) is 0 Å². The zero-order chi connectivity index (χ0) is 15.3. The van der Waals surface area contributed by atoms with Crippen molar-refractivity contribution in [1.82, 2.24) is 15.1 Å². The third-order valence-electron chi connectivity index (χ3n) is 3.41. The fourth-order valence-electron chi connectivity index (χ4n) is 1.83. The first-order valence-electron chi connectivity index (χ1n) is 6.94. The van der Waals surface area contributed by atoms with Crippen LogP contribution in [0, 0.1) is 6.92 Å². The van der Waals surface area contributed by atoms with E-state index in [0.717, 1.165) is 18.1 Å². The maximum Gasteiger partial charge on any atom is 0.242 e. The molecule has 5 heteroatoms. The zero-order valence-electron chi connectivity index (χ0n) is 13.5. The van der Waals surface area contributed by atoms with Crippen LogP contribution in [0.25, 0.3) is 0 Å². The molecule has 0 fully saturated rings. The molecule has 20 heavy (non-hydrogen) atoms. The van der Waals surface area contributed by atoms with Gasteiger partial charge in [-0.2, -0.15) is 0 Å². The molecule has 0 radical (unpaired) electrons. The summed E-state index contributed by atoms with van der Waals surface area (Å²) in [5.74, 6) is 1.77. The van der Waals surface area contributed by atoms with Gasteiger partial charge in [0.25, 0.3) is 0 Å². The minimum Gasteiger partial charge on any atom is -0.464 e. The van der Waals surface area contributed by atoms with Crippen LogP contribution in [0.2, 0.25) is 0 Å². The van der Waals surface area contributed by atoms with E-state index in [-0.39, 0.29) is 5.91 Å². The highest BCUT2D eigenvalue weighted by Gasteiger charge is 2.30. The summed E-state index contributed by atoms with van der Waals surface area (Å²) in [6.45, 7) is 7.71. The SMILES string of the molecule is CNC(C)(C)C(=O)N(CCN(C)C)Cc1ccc(C)o1. The van der Waals surface area contributed by atoms with Gasteiger partial charge in [-0.05, 0) is 54.0 Å². The van der Waals surface area contributed by atoms with E-state index in [2.05, 4.69) is 10.2 Å². The molecule has 5 nitrogen and oxygen atoms in total. The Kier molecular flexibility index (Phi) is 5.77. The number of carbonyl (C=O) groups is 1. The summed E-state index contributed by atoms with van der Waals surface area (Å²) in [7, 11) is 5.81. The Labute approximate surface area is 121 Å². The topological polar surface area (TPSA) is 48.7 Å². The summed E-state index contributed by atoms with van der Waals surface area (Å²) in [4.78, 5) is 16.5. The molecule has 114 valence electrons. The van der Waals surface area contributed by atoms with Gasteiger partial charge in [0.05, 0.1) is 12.1 Å². The molecular weight excluding hydrogens is 254 g/mol. The van der Waals surface area contributed by atoms with Gasteiger partial charge in [0.15, 0.2) is 0 Å². The molecule has 0 aliphatic rings. The van der Waals surface area contributed by atoms with Crippen molar-refractivity contribution in [3.05, 3.63) is 23.7 Å². The maximum atomic E-state index is 12.6. The molecule has 1 amide bonds. The van der Waals surface area contributed by atoms with Gasteiger partial charge >= 0.3 is 0 Å². The van der Waals surface area contributed by atoms with Gasteiger partial charge in [-0.15, -0.1) is 0 Å². The molecule has 1 heterocycles. The number of amides is 1. The van der Waals surface area contributed by atoms with E-state index in [1.165, 1.54) is 0 Å². The normalized spacial score (nSPS) is 11.9. The molecule has 1 aromatic heterocycles. The lowest BCUT2D eigenvalue weighted by molar-refractivity contribution is -0.138. The van der Waals surface area contributed by atoms with Crippen LogP contribution in [0.4, 0.5) is 0 Å². The lowest BCUT2D eigenvalue weighted by Crippen LogP contribution is -2.53. The summed E-state index contributed by atoms with van der Waals surface area (Å²) in [5, 5.41) is 3.06. The van der Waals surface area contributed by atoms with E-state index < -0.39 is 5.54 Å². The van der Waals surface area contributed by atoms with Crippen LogP contribution < -0.4 is 5.32 Å². The Bertz CT molecular complexity index is 438. The molecular formula is C15H27N3O2. The molecule has 0 atom stereocenters. The number of hydrogen-bond donors (Lipinski definition) is 1. The highest BCUT2D eigenvalue weighted by atomic mass is 16.3. The van der Waals surface area contributed by atoms with E-state index in [0.29, 0.717) is 13.1 Å². The highest BCUT2D eigenvalue weighted by Crippen LogP contribution is 2.14. The Hall–Kier alpha value is -1.33. The number of furan rings is 1. The molecule has 0 aliphatic carbocycles. The molecule has 0 aromatic carbocycles. The fourth-order valence-corrected chi connectivity index (χ4v) is 1.83. The van der Waals surface area contributed by atoms with Gasteiger partial charge in [0.1, 0.15) is 11.5 Å². The Morgan fingerprint density at radius 1 is 1.30 bits per heavy atom. The number of nitrogens with one attached hydrogen (secondary N) is 1. The smallest absolute Gasteiger partial charge is 0.242 e. The third-order valence-corrected chi connectivity index (χ3v) is 3.41. The second kappa shape index (κ2) is 6.90. The average Bonchev–Trinajstić information content (AvgIpc) is 2.78. The molecule has 1 aromatic rings. The van der Waals surface area contributed by atoms with Crippen LogP contribution in [-0.2, 0) is 11.3 Å². The summed E-state index contributed by atoms with van der Waals surface area (Å²) in [6, 6.07) is 3.85. The molecule has 0 spiro atoms. The van der Waals surface area contributed by atoms with Crippen molar-refractivity contribution in [2.75, 3.05) is 34.2 Å². The molecule has 1 rings (SSSR count). The van der Waals surface area contributed by atoms with Crippen LogP contribution in [0.15, 0.2) is 16.5 Å². The second-order valence-electron chi connectivity index (χ2n) is 5.92. The fraction of sp³-hybridized carbons (Fsp3) is 0.667. The van der Waals surface area contributed by atoms with Gasteiger partial charge in [0.2, 0.25) is 5.91 Å². The van der Waals surface area contributed by atoms with Crippen molar-refractivity contribution in [3.63, 3.8) is 0 Å². The summed E-state index contributed by atoms with van der Waals surface area (Å²) in [6.07, 6.45) is 0. The van der Waals surface area contributed by atoms with E-state index in [9.17, 15) is 4.79 Å². The monoisotopic (exact) mass is 281 g/mol. The van der Waals surface area contributed by atoms with Crippen molar-refractivity contribution in [1.29, 1.82) is 0 Å². The zero-order valence-corrected chi connectivity index (χ0v) is 13.5.